The molecule has 0 aromatic heterocycles. The minimum atomic E-state index is -0.872. The number of rotatable bonds is 1. The summed E-state index contributed by atoms with van der Waals surface area (Å²) in [6.45, 7) is 5.01. The standard InChI is InChI=1S/C7H11O/c1-4-5-6-7(2,3)8/h6H2,1-3H3. The summed E-state index contributed by atoms with van der Waals surface area (Å²) in [5.41, 5.74) is -0.872. The highest BCUT2D eigenvalue weighted by molar-refractivity contribution is 4.98. The van der Waals surface area contributed by atoms with Crippen molar-refractivity contribution in [1.29, 1.82) is 0 Å². The van der Waals surface area contributed by atoms with Gasteiger partial charge in [-0.15, -0.1) is 11.8 Å². The lowest BCUT2D eigenvalue weighted by atomic mass is 10.1. The smallest absolute Gasteiger partial charge is 0.109 e. The summed E-state index contributed by atoms with van der Waals surface area (Å²) in [6.07, 6.45) is 0.448. The van der Waals surface area contributed by atoms with Crippen molar-refractivity contribution in [2.45, 2.75) is 32.8 Å². The second-order valence-electron chi connectivity index (χ2n) is 2.36. The predicted molar refractivity (Wildman–Crippen MR) is 32.8 cm³/mol. The van der Waals surface area contributed by atoms with Gasteiger partial charge in [-0.05, 0) is 20.8 Å². The van der Waals surface area contributed by atoms with Crippen LogP contribution in [0.4, 0.5) is 0 Å². The van der Waals surface area contributed by atoms with E-state index in [9.17, 15) is 5.11 Å². The maximum Gasteiger partial charge on any atom is 0.109 e. The van der Waals surface area contributed by atoms with Crippen LogP contribution >= 0.6 is 0 Å². The second-order valence-corrected chi connectivity index (χ2v) is 2.36. The van der Waals surface area contributed by atoms with Gasteiger partial charge in [-0.2, -0.15) is 0 Å². The molecule has 1 radical (unpaired) electrons. The molecule has 0 bridgehead atoms. The molecule has 0 saturated carbocycles. The molecule has 45 valence electrons. The van der Waals surface area contributed by atoms with E-state index in [1.54, 1.807) is 20.8 Å². The number of hydrogen-bond donors (Lipinski definition) is 0. The van der Waals surface area contributed by atoms with Crippen molar-refractivity contribution in [3.05, 3.63) is 0 Å². The Balaban J connectivity index is 3.50. The fourth-order valence-corrected chi connectivity index (χ4v) is 0.301. The van der Waals surface area contributed by atoms with Crippen molar-refractivity contribution >= 4 is 0 Å². The summed E-state index contributed by atoms with van der Waals surface area (Å²) in [4.78, 5) is 0. The molecule has 0 N–H and O–H groups in total. The molecule has 1 nitrogen and oxygen atoms in total. The normalized spacial score (nSPS) is 10.0. The molecule has 0 aromatic carbocycles. The van der Waals surface area contributed by atoms with Crippen LogP contribution in [0.25, 0.3) is 0 Å². The van der Waals surface area contributed by atoms with Crippen molar-refractivity contribution in [1.82, 2.24) is 0 Å². The van der Waals surface area contributed by atoms with E-state index in [1.165, 1.54) is 0 Å². The maximum absolute atomic E-state index is 10.8. The summed E-state index contributed by atoms with van der Waals surface area (Å²) < 4.78 is 0. The van der Waals surface area contributed by atoms with Gasteiger partial charge in [-0.3, -0.25) is 0 Å². The Labute approximate surface area is 50.7 Å². The Morgan fingerprint density at radius 1 is 1.50 bits per heavy atom. The first kappa shape index (κ1) is 7.52. The molecule has 0 aliphatic carbocycles. The Hall–Kier alpha value is -0.480. The van der Waals surface area contributed by atoms with Crippen LogP contribution in [0.2, 0.25) is 0 Å². The molecular formula is C7H11O. The lowest BCUT2D eigenvalue weighted by Gasteiger charge is -2.07. The molecule has 0 unspecified atom stereocenters. The van der Waals surface area contributed by atoms with Crippen molar-refractivity contribution in [3.8, 4) is 11.8 Å². The maximum atomic E-state index is 10.8. The fourth-order valence-electron chi connectivity index (χ4n) is 0.301. The van der Waals surface area contributed by atoms with Crippen molar-refractivity contribution in [2.24, 2.45) is 0 Å². The van der Waals surface area contributed by atoms with Gasteiger partial charge < -0.3 is 0 Å². The van der Waals surface area contributed by atoms with Crippen LogP contribution in [-0.4, -0.2) is 5.60 Å². The molecule has 0 atom stereocenters. The van der Waals surface area contributed by atoms with Crippen LogP contribution in [0.5, 0.6) is 0 Å². The Bertz CT molecular complexity index is 109. The predicted octanol–water partition coefficient (Wildman–Crippen LogP) is 1.61. The highest BCUT2D eigenvalue weighted by Gasteiger charge is 2.11. The molecule has 0 aliphatic rings. The third-order valence-electron chi connectivity index (χ3n) is 0.691. The van der Waals surface area contributed by atoms with E-state index >= 15 is 0 Å². The molecule has 0 aromatic rings. The molecule has 0 rings (SSSR count). The molecule has 1 heteroatoms. The molecule has 0 saturated heterocycles. The van der Waals surface area contributed by atoms with Crippen LogP contribution in [0.1, 0.15) is 27.2 Å². The Kier molecular flexibility index (Phi) is 2.57. The van der Waals surface area contributed by atoms with Gasteiger partial charge in [-0.25, -0.2) is 5.11 Å². The van der Waals surface area contributed by atoms with Crippen LogP contribution in [0, 0.1) is 11.8 Å². The van der Waals surface area contributed by atoms with Gasteiger partial charge in [0.25, 0.3) is 0 Å². The van der Waals surface area contributed by atoms with E-state index in [0.717, 1.165) is 0 Å². The highest BCUT2D eigenvalue weighted by Crippen LogP contribution is 2.05. The molecule has 0 heterocycles. The molecule has 0 aliphatic heterocycles. The third-order valence-corrected chi connectivity index (χ3v) is 0.691. The van der Waals surface area contributed by atoms with Gasteiger partial charge in [0.1, 0.15) is 5.60 Å². The fraction of sp³-hybridized carbons (Fsp3) is 0.714. The van der Waals surface area contributed by atoms with E-state index in [0.29, 0.717) is 6.42 Å². The van der Waals surface area contributed by atoms with Gasteiger partial charge in [0.2, 0.25) is 0 Å². The lowest BCUT2D eigenvalue weighted by Crippen LogP contribution is -2.14. The lowest BCUT2D eigenvalue weighted by molar-refractivity contribution is 0.00901. The first-order chi connectivity index (χ1) is 3.56. The first-order valence-corrected chi connectivity index (χ1v) is 2.66. The average Bonchev–Trinajstić information content (AvgIpc) is 1.59. The zero-order chi connectivity index (χ0) is 6.62. The molecule has 0 spiro atoms. The van der Waals surface area contributed by atoms with E-state index < -0.39 is 5.60 Å². The van der Waals surface area contributed by atoms with E-state index in [-0.39, 0.29) is 0 Å². The van der Waals surface area contributed by atoms with E-state index in [4.69, 9.17) is 0 Å². The Morgan fingerprint density at radius 2 is 2.00 bits per heavy atom. The minimum Gasteiger partial charge on any atom is -0.229 e. The third kappa shape index (κ3) is 5.52. The van der Waals surface area contributed by atoms with Crippen molar-refractivity contribution in [3.63, 3.8) is 0 Å². The molecular weight excluding hydrogens is 100 g/mol. The quantitative estimate of drug-likeness (QED) is 0.458. The average molecular weight is 111 g/mol. The zero-order valence-electron chi connectivity index (χ0n) is 5.62. The SMILES string of the molecule is CC#CCC(C)(C)[O]. The van der Waals surface area contributed by atoms with Gasteiger partial charge in [0.15, 0.2) is 0 Å². The van der Waals surface area contributed by atoms with E-state index in [1.807, 2.05) is 0 Å². The highest BCUT2D eigenvalue weighted by atomic mass is 16.3. The molecule has 8 heavy (non-hydrogen) atoms. The van der Waals surface area contributed by atoms with Crippen LogP contribution in [0.15, 0.2) is 0 Å². The summed E-state index contributed by atoms with van der Waals surface area (Å²) >= 11 is 0. The summed E-state index contributed by atoms with van der Waals surface area (Å²) in [5, 5.41) is 10.8. The largest absolute Gasteiger partial charge is 0.229 e. The van der Waals surface area contributed by atoms with Crippen molar-refractivity contribution < 1.29 is 5.11 Å². The van der Waals surface area contributed by atoms with Crippen LogP contribution in [0.3, 0.4) is 0 Å². The summed E-state index contributed by atoms with van der Waals surface area (Å²) in [7, 11) is 0. The minimum absolute atomic E-state index is 0.448. The van der Waals surface area contributed by atoms with Gasteiger partial charge >= 0.3 is 0 Å². The van der Waals surface area contributed by atoms with Gasteiger partial charge in [0.05, 0.1) is 0 Å². The van der Waals surface area contributed by atoms with Crippen molar-refractivity contribution in [2.75, 3.05) is 0 Å². The Morgan fingerprint density at radius 3 is 2.12 bits per heavy atom. The van der Waals surface area contributed by atoms with Gasteiger partial charge in [0, 0.05) is 6.42 Å². The molecule has 0 fully saturated rings. The van der Waals surface area contributed by atoms with Crippen LogP contribution in [-0.2, 0) is 5.11 Å². The van der Waals surface area contributed by atoms with E-state index in [2.05, 4.69) is 11.8 Å². The summed E-state index contributed by atoms with van der Waals surface area (Å²) in [6, 6.07) is 0. The molecule has 0 amide bonds. The van der Waals surface area contributed by atoms with Crippen LogP contribution < -0.4 is 0 Å². The monoisotopic (exact) mass is 111 g/mol. The second kappa shape index (κ2) is 2.74. The van der Waals surface area contributed by atoms with Gasteiger partial charge in [-0.1, -0.05) is 0 Å². The first-order valence-electron chi connectivity index (χ1n) is 2.66. The topological polar surface area (TPSA) is 19.9 Å². The number of hydrogen-bond acceptors (Lipinski definition) is 0. The zero-order valence-corrected chi connectivity index (χ0v) is 5.62. The summed E-state index contributed by atoms with van der Waals surface area (Å²) in [5.74, 6) is 5.40.